The number of carbonyl (C=O) groups excluding carboxylic acids is 2. The maximum atomic E-state index is 11.6. The molecule has 82 valence electrons. The summed E-state index contributed by atoms with van der Waals surface area (Å²) in [4.78, 5) is 32.0. The zero-order valence-electron chi connectivity index (χ0n) is 8.57. The fraction of sp³-hybridized carbons (Fsp3) is 0.100. The van der Waals surface area contributed by atoms with Crippen molar-refractivity contribution in [1.82, 2.24) is 15.0 Å². The molecule has 0 aliphatic rings. The molecule has 2 rings (SSSR count). The van der Waals surface area contributed by atoms with Crippen molar-refractivity contribution in [2.75, 3.05) is 5.32 Å². The number of ketones is 1. The van der Waals surface area contributed by atoms with Crippen molar-refractivity contribution in [3.8, 4) is 0 Å². The minimum atomic E-state index is -0.345. The van der Waals surface area contributed by atoms with Gasteiger partial charge in [-0.05, 0) is 13.0 Å². The predicted molar refractivity (Wildman–Crippen MR) is 57.3 cm³/mol. The number of aromatic amines is 2. The van der Waals surface area contributed by atoms with E-state index in [4.69, 9.17) is 0 Å². The Kier molecular flexibility index (Phi) is 2.55. The average Bonchev–Trinajstić information content (AvgIpc) is 2.86. The monoisotopic (exact) mass is 218 g/mol. The van der Waals surface area contributed by atoms with Gasteiger partial charge in [0.05, 0.1) is 0 Å². The molecule has 6 heteroatoms. The lowest BCUT2D eigenvalue weighted by Crippen LogP contribution is -2.13. The van der Waals surface area contributed by atoms with Crippen LogP contribution in [0.3, 0.4) is 0 Å². The van der Waals surface area contributed by atoms with Crippen LogP contribution in [0.1, 0.15) is 27.8 Å². The molecule has 0 saturated heterocycles. The molecular weight excluding hydrogens is 208 g/mol. The van der Waals surface area contributed by atoms with Crippen LogP contribution in [0.2, 0.25) is 0 Å². The fourth-order valence-electron chi connectivity index (χ4n) is 1.24. The van der Waals surface area contributed by atoms with Crippen LogP contribution in [0.4, 0.5) is 5.95 Å². The molecule has 0 aliphatic carbocycles. The third-order valence-corrected chi connectivity index (χ3v) is 2.06. The minimum Gasteiger partial charge on any atom is -0.356 e. The van der Waals surface area contributed by atoms with E-state index in [0.29, 0.717) is 17.2 Å². The summed E-state index contributed by atoms with van der Waals surface area (Å²) in [5.74, 6) is -0.0697. The van der Waals surface area contributed by atoms with Gasteiger partial charge in [-0.3, -0.25) is 14.9 Å². The summed E-state index contributed by atoms with van der Waals surface area (Å²) < 4.78 is 0. The van der Waals surface area contributed by atoms with E-state index in [0.717, 1.165) is 0 Å². The zero-order valence-corrected chi connectivity index (χ0v) is 8.57. The summed E-state index contributed by atoms with van der Waals surface area (Å²) in [6, 6.07) is 1.50. The van der Waals surface area contributed by atoms with Crippen molar-refractivity contribution in [3.63, 3.8) is 0 Å². The Bertz CT molecular complexity index is 513. The molecule has 0 bridgehead atoms. The van der Waals surface area contributed by atoms with Crippen molar-refractivity contribution in [3.05, 3.63) is 35.9 Å². The van der Waals surface area contributed by atoms with Gasteiger partial charge in [-0.25, -0.2) is 4.98 Å². The van der Waals surface area contributed by atoms with Gasteiger partial charge in [0.2, 0.25) is 5.95 Å². The number of hydrogen-bond acceptors (Lipinski definition) is 3. The van der Waals surface area contributed by atoms with Gasteiger partial charge >= 0.3 is 0 Å². The molecule has 0 unspecified atom stereocenters. The number of nitrogens with zero attached hydrogens (tertiary/aromatic N) is 1. The maximum Gasteiger partial charge on any atom is 0.274 e. The van der Waals surface area contributed by atoms with Gasteiger partial charge in [-0.1, -0.05) is 0 Å². The molecule has 3 N–H and O–H groups in total. The lowest BCUT2D eigenvalue weighted by Gasteiger charge is -1.97. The summed E-state index contributed by atoms with van der Waals surface area (Å²) in [6.07, 6.45) is 4.63. The molecule has 0 radical (unpaired) electrons. The minimum absolute atomic E-state index is 0.0895. The lowest BCUT2D eigenvalue weighted by atomic mass is 10.2. The number of H-pyrrole nitrogens is 2. The van der Waals surface area contributed by atoms with Crippen LogP contribution < -0.4 is 5.32 Å². The van der Waals surface area contributed by atoms with Crippen LogP contribution in [0.25, 0.3) is 0 Å². The van der Waals surface area contributed by atoms with Crippen molar-refractivity contribution < 1.29 is 9.59 Å². The van der Waals surface area contributed by atoms with Crippen molar-refractivity contribution in [2.24, 2.45) is 0 Å². The van der Waals surface area contributed by atoms with E-state index < -0.39 is 0 Å². The van der Waals surface area contributed by atoms with E-state index in [1.807, 2.05) is 0 Å². The topological polar surface area (TPSA) is 90.6 Å². The summed E-state index contributed by atoms with van der Waals surface area (Å²) in [6.45, 7) is 1.44. The third-order valence-electron chi connectivity index (χ3n) is 2.06. The number of rotatable bonds is 3. The number of imidazole rings is 1. The number of aromatic nitrogens is 3. The second-order valence-corrected chi connectivity index (χ2v) is 3.25. The number of carbonyl (C=O) groups is 2. The Balaban J connectivity index is 2.12. The molecule has 0 spiro atoms. The smallest absolute Gasteiger partial charge is 0.274 e. The molecule has 0 atom stereocenters. The maximum absolute atomic E-state index is 11.6. The molecule has 2 aromatic heterocycles. The largest absolute Gasteiger partial charge is 0.356 e. The molecule has 0 aliphatic heterocycles. The standard InChI is InChI=1S/C10H10N4O2/c1-6(15)7-4-8(13-5-7)9(16)14-10-11-2-3-12-10/h2-5,13H,1H3,(H2,11,12,14,16). The summed E-state index contributed by atoms with van der Waals surface area (Å²) in [5.41, 5.74) is 0.797. The molecular formula is C10H10N4O2. The van der Waals surface area contributed by atoms with Gasteiger partial charge in [-0.2, -0.15) is 0 Å². The van der Waals surface area contributed by atoms with Crippen molar-refractivity contribution in [1.29, 1.82) is 0 Å². The van der Waals surface area contributed by atoms with E-state index in [9.17, 15) is 9.59 Å². The average molecular weight is 218 g/mol. The van der Waals surface area contributed by atoms with Crippen LogP contribution in [-0.2, 0) is 0 Å². The Hall–Kier alpha value is -2.37. The quantitative estimate of drug-likeness (QED) is 0.676. The molecule has 2 aromatic rings. The van der Waals surface area contributed by atoms with Gasteiger partial charge in [0, 0.05) is 24.2 Å². The highest BCUT2D eigenvalue weighted by Gasteiger charge is 2.11. The summed E-state index contributed by atoms with van der Waals surface area (Å²) >= 11 is 0. The van der Waals surface area contributed by atoms with E-state index in [1.54, 1.807) is 6.20 Å². The third kappa shape index (κ3) is 2.00. The number of Topliss-reactive ketones (excluding diaryl/α,β-unsaturated/α-hetero) is 1. The van der Waals surface area contributed by atoms with Gasteiger partial charge < -0.3 is 9.97 Å². The van der Waals surface area contributed by atoms with Gasteiger partial charge in [0.25, 0.3) is 5.91 Å². The Morgan fingerprint density at radius 1 is 1.38 bits per heavy atom. The van der Waals surface area contributed by atoms with E-state index >= 15 is 0 Å². The first-order valence-corrected chi connectivity index (χ1v) is 4.67. The number of anilines is 1. The number of amides is 1. The highest BCUT2D eigenvalue weighted by molar-refractivity contribution is 6.04. The second kappa shape index (κ2) is 4.01. The lowest BCUT2D eigenvalue weighted by molar-refractivity contribution is 0.101. The van der Waals surface area contributed by atoms with Crippen molar-refractivity contribution >= 4 is 17.6 Å². The summed E-state index contributed by atoms with van der Waals surface area (Å²) in [5, 5.41) is 2.54. The molecule has 0 aromatic carbocycles. The van der Waals surface area contributed by atoms with Crippen LogP contribution in [0, 0.1) is 0 Å². The molecule has 2 heterocycles. The van der Waals surface area contributed by atoms with E-state index in [2.05, 4.69) is 20.3 Å². The van der Waals surface area contributed by atoms with Crippen LogP contribution in [0.15, 0.2) is 24.7 Å². The highest BCUT2D eigenvalue weighted by atomic mass is 16.2. The molecule has 16 heavy (non-hydrogen) atoms. The molecule has 1 amide bonds. The molecule has 0 saturated carbocycles. The van der Waals surface area contributed by atoms with E-state index in [1.165, 1.54) is 25.4 Å². The van der Waals surface area contributed by atoms with E-state index in [-0.39, 0.29) is 11.7 Å². The Morgan fingerprint density at radius 3 is 2.75 bits per heavy atom. The molecule has 0 fully saturated rings. The first kappa shape index (κ1) is 10.2. The SMILES string of the molecule is CC(=O)c1c[nH]c(C(=O)Nc2ncc[nH]2)c1. The van der Waals surface area contributed by atoms with Crippen molar-refractivity contribution in [2.45, 2.75) is 6.92 Å². The van der Waals surface area contributed by atoms with Crippen LogP contribution in [0.5, 0.6) is 0 Å². The zero-order chi connectivity index (χ0) is 11.5. The predicted octanol–water partition coefficient (Wildman–Crippen LogP) is 1.19. The highest BCUT2D eigenvalue weighted by Crippen LogP contribution is 2.06. The first-order chi connectivity index (χ1) is 7.66. The number of hydrogen-bond donors (Lipinski definition) is 3. The summed E-state index contributed by atoms with van der Waals surface area (Å²) in [7, 11) is 0. The second-order valence-electron chi connectivity index (χ2n) is 3.25. The number of nitrogens with one attached hydrogen (secondary N) is 3. The van der Waals surface area contributed by atoms with Gasteiger partial charge in [-0.15, -0.1) is 0 Å². The normalized spacial score (nSPS) is 10.1. The van der Waals surface area contributed by atoms with Gasteiger partial charge in [0.15, 0.2) is 5.78 Å². The first-order valence-electron chi connectivity index (χ1n) is 4.67. The Morgan fingerprint density at radius 2 is 2.19 bits per heavy atom. The molecule has 6 nitrogen and oxygen atoms in total. The van der Waals surface area contributed by atoms with Crippen LogP contribution in [-0.4, -0.2) is 26.6 Å². The van der Waals surface area contributed by atoms with Gasteiger partial charge in [0.1, 0.15) is 5.69 Å². The Labute approximate surface area is 91.1 Å². The fourth-order valence-corrected chi connectivity index (χ4v) is 1.24. The van der Waals surface area contributed by atoms with Crippen LogP contribution >= 0.6 is 0 Å².